The number of likely N-dealkylation sites (tertiary alicyclic amines) is 1. The molecule has 2 aromatic carbocycles. The molecule has 1 fully saturated rings. The Hall–Kier alpha value is -3.37. The van der Waals surface area contributed by atoms with Gasteiger partial charge in [-0.25, -0.2) is 22.9 Å². The third kappa shape index (κ3) is 5.86. The van der Waals surface area contributed by atoms with Crippen LogP contribution in [0.15, 0.2) is 46.1 Å². The quantitative estimate of drug-likeness (QED) is 0.292. The summed E-state index contributed by atoms with van der Waals surface area (Å²) in [6.45, 7) is 1.98. The van der Waals surface area contributed by atoms with Crippen molar-refractivity contribution in [2.75, 3.05) is 22.9 Å². The number of hydrogen-bond acceptors (Lipinski definition) is 8. The molecule has 8 nitrogen and oxygen atoms in total. The molecule has 0 bridgehead atoms. The summed E-state index contributed by atoms with van der Waals surface area (Å²) >= 11 is 0.719. The van der Waals surface area contributed by atoms with Gasteiger partial charge in [-0.2, -0.15) is 21.6 Å². The van der Waals surface area contributed by atoms with Crippen molar-refractivity contribution in [3.05, 3.63) is 69.8 Å². The van der Waals surface area contributed by atoms with E-state index in [1.54, 1.807) is 6.07 Å². The van der Waals surface area contributed by atoms with Gasteiger partial charge in [0.05, 0.1) is 5.51 Å². The lowest BCUT2D eigenvalue weighted by Gasteiger charge is -2.31. The van der Waals surface area contributed by atoms with Gasteiger partial charge in [0.15, 0.2) is 10.7 Å². The number of benzene rings is 2. The number of sulfonamides is 1. The summed E-state index contributed by atoms with van der Waals surface area (Å²) in [4.78, 5) is 19.1. The minimum absolute atomic E-state index is 0.199. The molecule has 3 aromatic rings. The van der Waals surface area contributed by atoms with E-state index in [0.29, 0.717) is 24.2 Å². The highest BCUT2D eigenvalue weighted by molar-refractivity contribution is 7.92. The van der Waals surface area contributed by atoms with Crippen LogP contribution in [0.25, 0.3) is 0 Å². The predicted octanol–water partition coefficient (Wildman–Crippen LogP) is 4.59. The first-order chi connectivity index (χ1) is 17.9. The number of carbonyl (C=O) groups is 1. The van der Waals surface area contributed by atoms with E-state index < -0.39 is 54.8 Å². The lowest BCUT2D eigenvalue weighted by atomic mass is 10.0. The Kier molecular flexibility index (Phi) is 7.85. The molecule has 1 aromatic heterocycles. The molecule has 4 rings (SSSR count). The number of anilines is 2. The second kappa shape index (κ2) is 10.8. The predicted molar refractivity (Wildman–Crippen MR) is 124 cm³/mol. The molecule has 1 saturated heterocycles. The van der Waals surface area contributed by atoms with Gasteiger partial charge in [-0.3, -0.25) is 4.90 Å². The zero-order valence-corrected chi connectivity index (χ0v) is 20.8. The fraction of sp³-hybridized carbons (Fsp3) is 0.273. The second-order valence-electron chi connectivity index (χ2n) is 8.09. The molecule has 0 saturated carbocycles. The largest absolute Gasteiger partial charge is 0.493 e. The average Bonchev–Trinajstić information content (AvgIpc) is 3.32. The molecule has 1 aliphatic rings. The van der Waals surface area contributed by atoms with Gasteiger partial charge in [0, 0.05) is 29.7 Å². The number of alkyl halides is 3. The maximum Gasteiger partial charge on any atom is 0.493 e. The zero-order chi connectivity index (χ0) is 27.7. The number of thiazole rings is 1. The van der Waals surface area contributed by atoms with Gasteiger partial charge in [-0.15, -0.1) is 11.3 Å². The van der Waals surface area contributed by atoms with E-state index in [1.807, 2.05) is 0 Å². The lowest BCUT2D eigenvalue weighted by Crippen LogP contribution is -2.39. The molecule has 0 spiro atoms. The van der Waals surface area contributed by atoms with Crippen LogP contribution in [-0.4, -0.2) is 43.5 Å². The minimum Gasteiger partial charge on any atom is -0.381 e. The van der Waals surface area contributed by atoms with Gasteiger partial charge < -0.3 is 10.2 Å². The standard InChI is InChI=1S/C22H18F6N4O4S2/c23-16-4-1-3-13(10-31-5-2-6-31)15(16)9-29-14-7-17(24)20(18(25)8-14)38(34,35)32(19-11-37-12-30-19)36-21(33)22(26,27)28/h1,3-4,7-8,11-12,29H,2,5-6,9-10H2. The summed E-state index contributed by atoms with van der Waals surface area (Å²) in [6, 6.07) is 5.60. The molecule has 16 heteroatoms. The highest BCUT2D eigenvalue weighted by atomic mass is 32.2. The van der Waals surface area contributed by atoms with Crippen LogP contribution in [0, 0.1) is 17.5 Å². The van der Waals surface area contributed by atoms with E-state index in [1.165, 1.54) is 12.1 Å². The molecule has 1 aliphatic heterocycles. The molecule has 0 radical (unpaired) electrons. The molecule has 0 atom stereocenters. The first-order valence-electron chi connectivity index (χ1n) is 10.8. The van der Waals surface area contributed by atoms with E-state index in [0.717, 1.165) is 41.7 Å². The van der Waals surface area contributed by atoms with E-state index in [-0.39, 0.29) is 17.8 Å². The number of carbonyl (C=O) groups excluding carboxylic acids is 1. The third-order valence-electron chi connectivity index (χ3n) is 5.51. The van der Waals surface area contributed by atoms with Crippen LogP contribution in [0.2, 0.25) is 0 Å². The van der Waals surface area contributed by atoms with Gasteiger partial charge in [-0.05, 0) is 43.3 Å². The number of nitrogens with one attached hydrogen (secondary N) is 1. The van der Waals surface area contributed by atoms with Crippen LogP contribution in [0.4, 0.5) is 37.8 Å². The Morgan fingerprint density at radius 2 is 1.82 bits per heavy atom. The van der Waals surface area contributed by atoms with Crippen LogP contribution >= 0.6 is 11.3 Å². The van der Waals surface area contributed by atoms with Crippen molar-refractivity contribution >= 4 is 38.8 Å². The van der Waals surface area contributed by atoms with Crippen molar-refractivity contribution in [3.8, 4) is 0 Å². The van der Waals surface area contributed by atoms with Crippen LogP contribution in [-0.2, 0) is 32.7 Å². The third-order valence-corrected chi connectivity index (χ3v) is 7.68. The number of hydrogen-bond donors (Lipinski definition) is 1. The molecule has 0 unspecified atom stereocenters. The topological polar surface area (TPSA) is 91.8 Å². The van der Waals surface area contributed by atoms with Crippen molar-refractivity contribution in [2.45, 2.75) is 30.6 Å². The Bertz CT molecular complexity index is 1410. The number of halogens is 6. The SMILES string of the molecule is O=C(ON(c1cscn1)S(=O)(=O)c1c(F)cc(NCc2c(F)cccc2CN2CCC2)cc1F)C(F)(F)F. The number of nitrogens with zero attached hydrogens (tertiary/aromatic N) is 3. The molecule has 0 amide bonds. The van der Waals surface area contributed by atoms with Gasteiger partial charge >= 0.3 is 22.2 Å². The van der Waals surface area contributed by atoms with E-state index in [9.17, 15) is 39.6 Å². The van der Waals surface area contributed by atoms with Crippen molar-refractivity contribution in [3.63, 3.8) is 0 Å². The molecule has 38 heavy (non-hydrogen) atoms. The normalized spacial score (nSPS) is 14.2. The molecule has 204 valence electrons. The van der Waals surface area contributed by atoms with Crippen molar-refractivity contribution in [2.24, 2.45) is 0 Å². The average molecular weight is 581 g/mol. The Morgan fingerprint density at radius 1 is 1.13 bits per heavy atom. The maximum absolute atomic E-state index is 14.9. The van der Waals surface area contributed by atoms with E-state index in [4.69, 9.17) is 0 Å². The molecular formula is C22H18F6N4O4S2. The number of rotatable bonds is 9. The summed E-state index contributed by atoms with van der Waals surface area (Å²) in [5, 5.41) is 3.52. The lowest BCUT2D eigenvalue weighted by molar-refractivity contribution is -0.199. The summed E-state index contributed by atoms with van der Waals surface area (Å²) in [6.07, 6.45) is -4.60. The smallest absolute Gasteiger partial charge is 0.381 e. The van der Waals surface area contributed by atoms with Crippen molar-refractivity contribution in [1.29, 1.82) is 0 Å². The second-order valence-corrected chi connectivity index (χ2v) is 10.5. The van der Waals surface area contributed by atoms with Crippen LogP contribution in [0.5, 0.6) is 0 Å². The molecule has 0 aliphatic carbocycles. The molecule has 1 N–H and O–H groups in total. The van der Waals surface area contributed by atoms with Crippen LogP contribution < -0.4 is 9.79 Å². The highest BCUT2D eigenvalue weighted by Gasteiger charge is 2.46. The summed E-state index contributed by atoms with van der Waals surface area (Å²) in [5.74, 6) is -7.74. The van der Waals surface area contributed by atoms with Crippen LogP contribution in [0.3, 0.4) is 0 Å². The Morgan fingerprint density at radius 3 is 2.37 bits per heavy atom. The fourth-order valence-corrected chi connectivity index (χ4v) is 5.42. The zero-order valence-electron chi connectivity index (χ0n) is 19.1. The monoisotopic (exact) mass is 580 g/mol. The number of aromatic nitrogens is 1. The summed E-state index contributed by atoms with van der Waals surface area (Å²) in [5.41, 5.74) is 1.62. The molecule has 2 heterocycles. The highest BCUT2D eigenvalue weighted by Crippen LogP contribution is 2.31. The van der Waals surface area contributed by atoms with Gasteiger partial charge in [0.25, 0.3) is 0 Å². The minimum atomic E-state index is -5.62. The Balaban J connectivity index is 1.61. The van der Waals surface area contributed by atoms with E-state index >= 15 is 0 Å². The first-order valence-corrected chi connectivity index (χ1v) is 13.2. The van der Waals surface area contributed by atoms with Gasteiger partial charge in [0.1, 0.15) is 17.5 Å². The van der Waals surface area contributed by atoms with Gasteiger partial charge in [0.2, 0.25) is 0 Å². The summed E-state index contributed by atoms with van der Waals surface area (Å²) < 4.78 is 108. The van der Waals surface area contributed by atoms with Crippen molar-refractivity contribution in [1.82, 2.24) is 9.88 Å². The Labute approximate surface area is 216 Å². The fourth-order valence-electron chi connectivity index (χ4n) is 3.55. The van der Waals surface area contributed by atoms with Crippen molar-refractivity contribution < 1.29 is 44.4 Å². The summed E-state index contributed by atoms with van der Waals surface area (Å²) in [7, 11) is -5.56. The first kappa shape index (κ1) is 27.7. The van der Waals surface area contributed by atoms with Gasteiger partial charge in [-0.1, -0.05) is 16.6 Å². The molecular weight excluding hydrogens is 562 g/mol. The van der Waals surface area contributed by atoms with Crippen LogP contribution in [0.1, 0.15) is 17.5 Å². The van der Waals surface area contributed by atoms with E-state index in [2.05, 4.69) is 20.0 Å². The maximum atomic E-state index is 14.9.